The molecule has 0 saturated heterocycles. The Morgan fingerprint density at radius 1 is 0.553 bits per heavy atom. The largest absolute Gasteiger partial charge is 0.333 e. The molecule has 0 bridgehead atoms. The van der Waals surface area contributed by atoms with Gasteiger partial charge >= 0.3 is 0 Å². The molecule has 0 saturated carbocycles. The van der Waals surface area contributed by atoms with Crippen molar-refractivity contribution in [3.63, 3.8) is 0 Å². The summed E-state index contributed by atoms with van der Waals surface area (Å²) in [6.07, 6.45) is -0.190. The standard InChI is InChI=1S/C34H26N4/c1-37-33(25-14-6-3-7-15-25)35-32(24-12-4-2-5-13-24)36-34(37)26-20-22-27(23-21-26)38-30-18-10-8-16-28(30)29-17-9-11-19-31(29)38/h2-23,34H,1H3. The lowest BCUT2D eigenvalue weighted by atomic mass is 10.1. The predicted octanol–water partition coefficient (Wildman–Crippen LogP) is 7.62. The highest BCUT2D eigenvalue weighted by molar-refractivity contribution is 6.13. The first-order valence-electron chi connectivity index (χ1n) is 12.9. The minimum absolute atomic E-state index is 0.190. The van der Waals surface area contributed by atoms with Gasteiger partial charge in [0.2, 0.25) is 0 Å². The molecule has 0 aliphatic carbocycles. The molecule has 0 spiro atoms. The highest BCUT2D eigenvalue weighted by Crippen LogP contribution is 2.33. The lowest BCUT2D eigenvalue weighted by Crippen LogP contribution is -2.35. The summed E-state index contributed by atoms with van der Waals surface area (Å²) in [6, 6.07) is 46.6. The zero-order valence-corrected chi connectivity index (χ0v) is 21.1. The van der Waals surface area contributed by atoms with E-state index in [0.717, 1.165) is 34.0 Å². The van der Waals surface area contributed by atoms with Crippen molar-refractivity contribution in [2.75, 3.05) is 7.05 Å². The van der Waals surface area contributed by atoms with Gasteiger partial charge in [0, 0.05) is 34.6 Å². The van der Waals surface area contributed by atoms with Crippen LogP contribution in [-0.2, 0) is 0 Å². The van der Waals surface area contributed by atoms with Crippen molar-refractivity contribution in [1.29, 1.82) is 0 Å². The smallest absolute Gasteiger partial charge is 0.159 e. The molecule has 1 aliphatic rings. The minimum Gasteiger partial charge on any atom is -0.333 e. The van der Waals surface area contributed by atoms with E-state index in [1.165, 1.54) is 21.8 Å². The number of para-hydroxylation sites is 2. The van der Waals surface area contributed by atoms with Crippen LogP contribution in [0.25, 0.3) is 27.5 Å². The second kappa shape index (κ2) is 9.16. The molecule has 4 heteroatoms. The maximum absolute atomic E-state index is 5.12. The molecule has 0 fully saturated rings. The Labute approximate surface area is 221 Å². The summed E-state index contributed by atoms with van der Waals surface area (Å²) in [5.41, 5.74) is 6.76. The molecule has 6 aromatic rings. The third-order valence-electron chi connectivity index (χ3n) is 7.25. The average Bonchev–Trinajstić information content (AvgIpc) is 3.33. The summed E-state index contributed by atoms with van der Waals surface area (Å²) in [5, 5.41) is 2.53. The van der Waals surface area contributed by atoms with Crippen molar-refractivity contribution < 1.29 is 0 Å². The van der Waals surface area contributed by atoms with Crippen molar-refractivity contribution in [2.24, 2.45) is 9.98 Å². The van der Waals surface area contributed by atoms with Crippen LogP contribution in [0.4, 0.5) is 0 Å². The van der Waals surface area contributed by atoms with Gasteiger partial charge in [0.05, 0.1) is 11.0 Å². The van der Waals surface area contributed by atoms with Crippen LogP contribution in [-0.4, -0.2) is 28.2 Å². The number of hydrogen-bond donors (Lipinski definition) is 0. The van der Waals surface area contributed by atoms with Crippen LogP contribution in [0.3, 0.4) is 0 Å². The Morgan fingerprint density at radius 3 is 1.68 bits per heavy atom. The Morgan fingerprint density at radius 2 is 1.08 bits per heavy atom. The normalized spacial score (nSPS) is 15.5. The molecular weight excluding hydrogens is 464 g/mol. The van der Waals surface area contributed by atoms with Gasteiger partial charge in [0.15, 0.2) is 5.84 Å². The van der Waals surface area contributed by atoms with Gasteiger partial charge in [-0.25, -0.2) is 9.98 Å². The summed E-state index contributed by atoms with van der Waals surface area (Å²) < 4.78 is 2.34. The molecule has 2 heterocycles. The maximum atomic E-state index is 5.12. The zero-order valence-electron chi connectivity index (χ0n) is 21.1. The van der Waals surface area contributed by atoms with Crippen LogP contribution in [0, 0.1) is 0 Å². The SMILES string of the molecule is CN1C(c2ccccc2)=NC(c2ccccc2)=NC1c1ccc(-n2c3ccccc3c3ccccc32)cc1. The van der Waals surface area contributed by atoms with Crippen LogP contribution < -0.4 is 0 Å². The van der Waals surface area contributed by atoms with E-state index in [1.807, 2.05) is 24.3 Å². The molecule has 0 amide bonds. The number of amidine groups is 2. The topological polar surface area (TPSA) is 32.9 Å². The number of nitrogens with zero attached hydrogens (tertiary/aromatic N) is 4. The molecule has 1 atom stereocenters. The highest BCUT2D eigenvalue weighted by atomic mass is 15.3. The number of hydrogen-bond acceptors (Lipinski definition) is 3. The number of benzene rings is 5. The number of aliphatic imine (C=N–C) groups is 2. The monoisotopic (exact) mass is 490 g/mol. The summed E-state index contributed by atoms with van der Waals surface area (Å²) in [5.74, 6) is 1.66. The van der Waals surface area contributed by atoms with Crippen molar-refractivity contribution >= 4 is 33.5 Å². The maximum Gasteiger partial charge on any atom is 0.159 e. The number of fused-ring (bicyclic) bond motifs is 3. The molecular formula is C34H26N4. The highest BCUT2D eigenvalue weighted by Gasteiger charge is 2.26. The van der Waals surface area contributed by atoms with Gasteiger partial charge in [-0.2, -0.15) is 0 Å². The first-order chi connectivity index (χ1) is 18.8. The molecule has 0 N–H and O–H groups in total. The summed E-state index contributed by atoms with van der Waals surface area (Å²) >= 11 is 0. The van der Waals surface area contributed by atoms with E-state index < -0.39 is 0 Å². The van der Waals surface area contributed by atoms with Gasteiger partial charge in [-0.15, -0.1) is 0 Å². The van der Waals surface area contributed by atoms with Crippen LogP contribution in [0.5, 0.6) is 0 Å². The Balaban J connectivity index is 1.33. The van der Waals surface area contributed by atoms with E-state index in [9.17, 15) is 0 Å². The fourth-order valence-electron chi connectivity index (χ4n) is 5.40. The lowest BCUT2D eigenvalue weighted by Gasteiger charge is -2.32. The van der Waals surface area contributed by atoms with Gasteiger partial charge < -0.3 is 9.47 Å². The third kappa shape index (κ3) is 3.70. The van der Waals surface area contributed by atoms with Gasteiger partial charge in [0.25, 0.3) is 0 Å². The molecule has 5 aromatic carbocycles. The Hall–Kier alpha value is -4.96. The Kier molecular flexibility index (Phi) is 5.37. The summed E-state index contributed by atoms with van der Waals surface area (Å²) in [7, 11) is 2.07. The molecule has 4 nitrogen and oxygen atoms in total. The lowest BCUT2D eigenvalue weighted by molar-refractivity contribution is 0.383. The molecule has 0 radical (unpaired) electrons. The molecule has 1 aromatic heterocycles. The molecule has 38 heavy (non-hydrogen) atoms. The Bertz CT molecular complexity index is 1760. The van der Waals surface area contributed by atoms with Crippen molar-refractivity contribution in [3.05, 3.63) is 150 Å². The van der Waals surface area contributed by atoms with Crippen LogP contribution in [0.15, 0.2) is 143 Å². The molecule has 7 rings (SSSR count). The third-order valence-corrected chi connectivity index (χ3v) is 7.25. The second-order valence-corrected chi connectivity index (χ2v) is 9.57. The summed E-state index contributed by atoms with van der Waals surface area (Å²) in [6.45, 7) is 0. The van der Waals surface area contributed by atoms with Crippen LogP contribution >= 0.6 is 0 Å². The van der Waals surface area contributed by atoms with Crippen molar-refractivity contribution in [3.8, 4) is 5.69 Å². The van der Waals surface area contributed by atoms with E-state index in [4.69, 9.17) is 9.98 Å². The van der Waals surface area contributed by atoms with Gasteiger partial charge in [-0.1, -0.05) is 109 Å². The zero-order chi connectivity index (χ0) is 25.5. The van der Waals surface area contributed by atoms with E-state index in [1.54, 1.807) is 0 Å². The van der Waals surface area contributed by atoms with Crippen molar-refractivity contribution in [1.82, 2.24) is 9.47 Å². The van der Waals surface area contributed by atoms with E-state index in [2.05, 4.69) is 126 Å². The van der Waals surface area contributed by atoms with E-state index in [0.29, 0.717) is 0 Å². The predicted molar refractivity (Wildman–Crippen MR) is 157 cm³/mol. The van der Waals surface area contributed by atoms with E-state index in [-0.39, 0.29) is 6.17 Å². The van der Waals surface area contributed by atoms with Crippen LogP contribution in [0.1, 0.15) is 22.9 Å². The molecule has 182 valence electrons. The average molecular weight is 491 g/mol. The van der Waals surface area contributed by atoms with Crippen LogP contribution in [0.2, 0.25) is 0 Å². The number of aromatic nitrogens is 1. The van der Waals surface area contributed by atoms with E-state index >= 15 is 0 Å². The quantitative estimate of drug-likeness (QED) is 0.250. The van der Waals surface area contributed by atoms with Crippen molar-refractivity contribution in [2.45, 2.75) is 6.17 Å². The van der Waals surface area contributed by atoms with Gasteiger partial charge in [-0.05, 0) is 29.8 Å². The first kappa shape index (κ1) is 22.3. The minimum atomic E-state index is -0.190. The molecule has 1 unspecified atom stereocenters. The summed E-state index contributed by atoms with van der Waals surface area (Å²) in [4.78, 5) is 12.3. The van der Waals surface area contributed by atoms with Gasteiger partial charge in [0.1, 0.15) is 12.0 Å². The van der Waals surface area contributed by atoms with Gasteiger partial charge in [-0.3, -0.25) is 0 Å². The molecule has 1 aliphatic heterocycles. The fraction of sp³-hybridized carbons (Fsp3) is 0.0588. The second-order valence-electron chi connectivity index (χ2n) is 9.57. The first-order valence-corrected chi connectivity index (χ1v) is 12.9. The number of rotatable bonds is 4. The fourth-order valence-corrected chi connectivity index (χ4v) is 5.40.